The van der Waals surface area contributed by atoms with Crippen molar-refractivity contribution in [3.8, 4) is 11.5 Å². The minimum Gasteiger partial charge on any atom is -0.454 e. The molecule has 1 aromatic carbocycles. The lowest BCUT2D eigenvalue weighted by Gasteiger charge is -1.98. The van der Waals surface area contributed by atoms with Gasteiger partial charge in [-0.3, -0.25) is 4.79 Å². The zero-order valence-electron chi connectivity index (χ0n) is 11.6. The fourth-order valence-corrected chi connectivity index (χ4v) is 1.77. The van der Waals surface area contributed by atoms with E-state index in [-0.39, 0.29) is 12.7 Å². The molecule has 1 N–H and O–H groups in total. The van der Waals surface area contributed by atoms with Crippen molar-refractivity contribution >= 4 is 12.0 Å². The zero-order valence-corrected chi connectivity index (χ0v) is 11.6. The highest BCUT2D eigenvalue weighted by Crippen LogP contribution is 2.32. The molecule has 1 aromatic rings. The van der Waals surface area contributed by atoms with E-state index in [4.69, 9.17) is 9.47 Å². The fourth-order valence-electron chi connectivity index (χ4n) is 1.77. The lowest BCUT2D eigenvalue weighted by atomic mass is 10.2. The molecule has 20 heavy (non-hydrogen) atoms. The molecule has 1 aliphatic rings. The average molecular weight is 273 g/mol. The van der Waals surface area contributed by atoms with Gasteiger partial charge in [-0.2, -0.15) is 0 Å². The van der Waals surface area contributed by atoms with Gasteiger partial charge in [-0.25, -0.2) is 0 Å². The molecule has 0 radical (unpaired) electrons. The van der Waals surface area contributed by atoms with Crippen LogP contribution in [-0.2, 0) is 4.79 Å². The van der Waals surface area contributed by atoms with Gasteiger partial charge in [0.2, 0.25) is 12.7 Å². The second-order valence-electron chi connectivity index (χ2n) is 4.48. The van der Waals surface area contributed by atoms with Gasteiger partial charge in [-0.1, -0.05) is 37.6 Å². The summed E-state index contributed by atoms with van der Waals surface area (Å²) in [6.45, 7) is 3.10. The Hall–Kier alpha value is -2.23. The fraction of sp³-hybridized carbons (Fsp3) is 0.312. The Bertz CT molecular complexity index is 520. The Kier molecular flexibility index (Phi) is 5.24. The van der Waals surface area contributed by atoms with E-state index in [1.165, 1.54) is 6.08 Å². The lowest BCUT2D eigenvalue weighted by Crippen LogP contribution is -2.21. The van der Waals surface area contributed by atoms with E-state index >= 15 is 0 Å². The van der Waals surface area contributed by atoms with Gasteiger partial charge in [0.25, 0.3) is 0 Å². The van der Waals surface area contributed by atoms with Crippen LogP contribution in [0.4, 0.5) is 0 Å². The van der Waals surface area contributed by atoms with E-state index in [0.29, 0.717) is 0 Å². The first-order chi connectivity index (χ1) is 9.79. The first-order valence-corrected chi connectivity index (χ1v) is 6.82. The maximum absolute atomic E-state index is 11.4. The number of ether oxygens (including phenoxy) is 2. The number of amides is 1. The van der Waals surface area contributed by atoms with Crippen molar-refractivity contribution in [2.45, 2.75) is 19.8 Å². The number of nitrogens with one attached hydrogen (secondary N) is 1. The molecular weight excluding hydrogens is 254 g/mol. The molecule has 106 valence electrons. The molecule has 2 rings (SSSR count). The van der Waals surface area contributed by atoms with E-state index in [1.807, 2.05) is 30.4 Å². The van der Waals surface area contributed by atoms with Gasteiger partial charge < -0.3 is 14.8 Å². The minimum atomic E-state index is -0.0613. The van der Waals surface area contributed by atoms with E-state index < -0.39 is 0 Å². The van der Waals surface area contributed by atoms with E-state index in [2.05, 4.69) is 12.2 Å². The summed E-state index contributed by atoms with van der Waals surface area (Å²) in [5, 5.41) is 2.82. The molecule has 0 aliphatic carbocycles. The third kappa shape index (κ3) is 4.16. The van der Waals surface area contributed by atoms with Gasteiger partial charge in [0.1, 0.15) is 0 Å². The Morgan fingerprint density at radius 1 is 1.30 bits per heavy atom. The van der Waals surface area contributed by atoms with Crippen LogP contribution in [-0.4, -0.2) is 19.2 Å². The normalized spacial score (nSPS) is 13.2. The van der Waals surface area contributed by atoms with Crippen LogP contribution in [0.3, 0.4) is 0 Å². The molecule has 0 unspecified atom stereocenters. The second-order valence-corrected chi connectivity index (χ2v) is 4.48. The minimum absolute atomic E-state index is 0.0613. The van der Waals surface area contributed by atoms with Crippen molar-refractivity contribution in [1.82, 2.24) is 5.32 Å². The third-order valence-electron chi connectivity index (χ3n) is 2.87. The maximum Gasteiger partial charge on any atom is 0.243 e. The molecule has 0 atom stereocenters. The summed E-state index contributed by atoms with van der Waals surface area (Å²) < 4.78 is 10.5. The molecule has 1 aliphatic heterocycles. The van der Waals surface area contributed by atoms with Crippen molar-refractivity contribution in [1.29, 1.82) is 0 Å². The van der Waals surface area contributed by atoms with Gasteiger partial charge in [-0.15, -0.1) is 0 Å². The lowest BCUT2D eigenvalue weighted by molar-refractivity contribution is -0.116. The monoisotopic (exact) mass is 273 g/mol. The Balaban J connectivity index is 1.82. The number of hydrogen-bond acceptors (Lipinski definition) is 3. The largest absolute Gasteiger partial charge is 0.454 e. The first kappa shape index (κ1) is 14.2. The van der Waals surface area contributed by atoms with Crippen molar-refractivity contribution in [3.05, 3.63) is 42.0 Å². The van der Waals surface area contributed by atoms with Gasteiger partial charge >= 0.3 is 0 Å². The number of carbonyl (C=O) groups excluding carboxylic acids is 1. The molecule has 0 saturated carbocycles. The molecule has 1 heterocycles. The van der Waals surface area contributed by atoms with Gasteiger partial charge in [0.15, 0.2) is 11.5 Å². The average Bonchev–Trinajstić information content (AvgIpc) is 2.91. The smallest absolute Gasteiger partial charge is 0.243 e. The van der Waals surface area contributed by atoms with E-state index in [1.54, 1.807) is 6.08 Å². The van der Waals surface area contributed by atoms with Crippen LogP contribution in [0.1, 0.15) is 25.3 Å². The van der Waals surface area contributed by atoms with Crippen molar-refractivity contribution in [2.75, 3.05) is 13.3 Å². The number of benzene rings is 1. The molecule has 0 saturated heterocycles. The van der Waals surface area contributed by atoms with Crippen LogP contribution in [0, 0.1) is 0 Å². The SMILES string of the molecule is CCCCNC(=O)/C=C/C=C\c1ccc2c(c1)OCO2. The van der Waals surface area contributed by atoms with E-state index in [9.17, 15) is 4.79 Å². The van der Waals surface area contributed by atoms with Crippen LogP contribution >= 0.6 is 0 Å². The van der Waals surface area contributed by atoms with Crippen molar-refractivity contribution < 1.29 is 14.3 Å². The quantitative estimate of drug-likeness (QED) is 0.492. The number of allylic oxidation sites excluding steroid dienone is 2. The van der Waals surface area contributed by atoms with Gasteiger partial charge in [-0.05, 0) is 24.1 Å². The van der Waals surface area contributed by atoms with Crippen LogP contribution < -0.4 is 14.8 Å². The summed E-state index contributed by atoms with van der Waals surface area (Å²) in [5.41, 5.74) is 1.00. The van der Waals surface area contributed by atoms with Gasteiger partial charge in [0.05, 0.1) is 0 Å². The third-order valence-corrected chi connectivity index (χ3v) is 2.87. The number of unbranched alkanes of at least 4 members (excludes halogenated alkanes) is 1. The molecule has 4 heteroatoms. The summed E-state index contributed by atoms with van der Waals surface area (Å²) in [6, 6.07) is 5.73. The summed E-state index contributed by atoms with van der Waals surface area (Å²) in [6.07, 6.45) is 9.08. The van der Waals surface area contributed by atoms with Crippen LogP contribution in [0.15, 0.2) is 36.4 Å². The highest BCUT2D eigenvalue weighted by molar-refractivity contribution is 5.87. The Morgan fingerprint density at radius 2 is 2.15 bits per heavy atom. The Morgan fingerprint density at radius 3 is 3.00 bits per heavy atom. The predicted octanol–water partition coefficient (Wildman–Crippen LogP) is 2.90. The number of fused-ring (bicyclic) bond motifs is 1. The predicted molar refractivity (Wildman–Crippen MR) is 78.7 cm³/mol. The molecule has 0 fully saturated rings. The molecule has 0 aromatic heterocycles. The Labute approximate surface area is 119 Å². The maximum atomic E-state index is 11.4. The number of carbonyl (C=O) groups is 1. The highest BCUT2D eigenvalue weighted by Gasteiger charge is 2.11. The number of hydrogen-bond donors (Lipinski definition) is 1. The molecule has 0 spiro atoms. The summed E-state index contributed by atoms with van der Waals surface area (Å²) in [7, 11) is 0. The van der Waals surface area contributed by atoms with Crippen molar-refractivity contribution in [3.63, 3.8) is 0 Å². The van der Waals surface area contributed by atoms with Crippen LogP contribution in [0.25, 0.3) is 6.08 Å². The van der Waals surface area contributed by atoms with Crippen molar-refractivity contribution in [2.24, 2.45) is 0 Å². The standard InChI is InChI=1S/C16H19NO3/c1-2-3-10-17-16(18)7-5-4-6-13-8-9-14-15(11-13)20-12-19-14/h4-9,11H,2-3,10,12H2,1H3,(H,17,18)/b6-4-,7-5+. The zero-order chi connectivity index (χ0) is 14.2. The summed E-state index contributed by atoms with van der Waals surface area (Å²) in [4.78, 5) is 11.4. The molecule has 0 bridgehead atoms. The van der Waals surface area contributed by atoms with Gasteiger partial charge in [0, 0.05) is 12.6 Å². The molecule has 1 amide bonds. The van der Waals surface area contributed by atoms with E-state index in [0.717, 1.165) is 36.4 Å². The topological polar surface area (TPSA) is 47.6 Å². The van der Waals surface area contributed by atoms with Crippen LogP contribution in [0.2, 0.25) is 0 Å². The second kappa shape index (κ2) is 7.38. The highest BCUT2D eigenvalue weighted by atomic mass is 16.7. The molecule has 4 nitrogen and oxygen atoms in total. The summed E-state index contributed by atoms with van der Waals surface area (Å²) in [5.74, 6) is 1.47. The van der Waals surface area contributed by atoms with Crippen LogP contribution in [0.5, 0.6) is 11.5 Å². The number of rotatable bonds is 6. The first-order valence-electron chi connectivity index (χ1n) is 6.82. The molecular formula is C16H19NO3. The summed E-state index contributed by atoms with van der Waals surface area (Å²) >= 11 is 0.